The van der Waals surface area contributed by atoms with Crippen molar-refractivity contribution >= 4 is 11.8 Å². The van der Waals surface area contributed by atoms with E-state index in [0.717, 1.165) is 0 Å². The third kappa shape index (κ3) is 3.92. The minimum absolute atomic E-state index is 0.333. The molecule has 0 aliphatic rings. The van der Waals surface area contributed by atoms with Gasteiger partial charge in [-0.1, -0.05) is 0 Å². The van der Waals surface area contributed by atoms with Gasteiger partial charge in [0.1, 0.15) is 6.04 Å². The Bertz CT molecular complexity index is 170. The molecular weight excluding hydrogens is 160 g/mol. The highest BCUT2D eigenvalue weighted by atomic mass is 16.3. The van der Waals surface area contributed by atoms with Gasteiger partial charge in [0.15, 0.2) is 0 Å². The second-order valence-corrected chi connectivity index (χ2v) is 2.33. The minimum atomic E-state index is -0.831. The first-order valence-corrected chi connectivity index (χ1v) is 3.77. The molecule has 0 aliphatic heterocycles. The molecule has 0 unspecified atom stereocenters. The summed E-state index contributed by atoms with van der Waals surface area (Å²) in [7, 11) is 0. The van der Waals surface area contributed by atoms with Crippen LogP contribution in [0.3, 0.4) is 0 Å². The fourth-order valence-corrected chi connectivity index (χ4v) is 0.737. The van der Waals surface area contributed by atoms with Crippen LogP contribution in [0.25, 0.3) is 0 Å². The fourth-order valence-electron chi connectivity index (χ4n) is 0.737. The SMILES string of the molecule is CCNC(=O)[C@@H](CO)NC(C)=O. The van der Waals surface area contributed by atoms with Crippen molar-refractivity contribution in [2.45, 2.75) is 19.9 Å². The summed E-state index contributed by atoms with van der Waals surface area (Å²) in [4.78, 5) is 21.5. The van der Waals surface area contributed by atoms with Crippen molar-refractivity contribution < 1.29 is 14.7 Å². The van der Waals surface area contributed by atoms with Crippen LogP contribution in [0.4, 0.5) is 0 Å². The zero-order chi connectivity index (χ0) is 9.56. The monoisotopic (exact) mass is 174 g/mol. The highest BCUT2D eigenvalue weighted by Gasteiger charge is 2.16. The molecule has 5 nitrogen and oxygen atoms in total. The lowest BCUT2D eigenvalue weighted by molar-refractivity contribution is -0.129. The average Bonchev–Trinajstić information content (AvgIpc) is 2.00. The Morgan fingerprint density at radius 2 is 2.08 bits per heavy atom. The number of aliphatic hydroxyl groups excluding tert-OH is 1. The van der Waals surface area contributed by atoms with Gasteiger partial charge < -0.3 is 15.7 Å². The van der Waals surface area contributed by atoms with Crippen LogP contribution in [0.5, 0.6) is 0 Å². The number of rotatable bonds is 4. The molecule has 12 heavy (non-hydrogen) atoms. The maximum absolute atomic E-state index is 11.0. The highest BCUT2D eigenvalue weighted by molar-refractivity contribution is 5.86. The molecule has 0 aromatic carbocycles. The predicted molar refractivity (Wildman–Crippen MR) is 43.4 cm³/mol. The summed E-state index contributed by atoms with van der Waals surface area (Å²) in [6.07, 6.45) is 0. The number of carbonyl (C=O) groups excluding carboxylic acids is 2. The molecule has 70 valence electrons. The van der Waals surface area contributed by atoms with Crippen molar-refractivity contribution in [1.82, 2.24) is 10.6 Å². The van der Waals surface area contributed by atoms with Crippen molar-refractivity contribution in [3.63, 3.8) is 0 Å². The topological polar surface area (TPSA) is 78.4 Å². The van der Waals surface area contributed by atoms with E-state index in [-0.39, 0.29) is 18.4 Å². The lowest BCUT2D eigenvalue weighted by atomic mass is 10.3. The van der Waals surface area contributed by atoms with E-state index in [1.165, 1.54) is 6.92 Å². The van der Waals surface area contributed by atoms with Crippen LogP contribution >= 0.6 is 0 Å². The number of carbonyl (C=O) groups is 2. The zero-order valence-electron chi connectivity index (χ0n) is 7.26. The zero-order valence-corrected chi connectivity index (χ0v) is 7.26. The molecule has 0 aromatic rings. The first-order chi connectivity index (χ1) is 5.61. The summed E-state index contributed by atoms with van der Waals surface area (Å²) in [6.45, 7) is 3.16. The maximum atomic E-state index is 11.0. The summed E-state index contributed by atoms with van der Waals surface area (Å²) >= 11 is 0. The van der Waals surface area contributed by atoms with E-state index in [1.54, 1.807) is 6.92 Å². The molecule has 0 heterocycles. The van der Waals surface area contributed by atoms with Gasteiger partial charge in [-0.2, -0.15) is 0 Å². The van der Waals surface area contributed by atoms with Gasteiger partial charge in [0.25, 0.3) is 0 Å². The Labute approximate surface area is 71.1 Å². The van der Waals surface area contributed by atoms with Gasteiger partial charge in [0.2, 0.25) is 11.8 Å². The Morgan fingerprint density at radius 3 is 2.42 bits per heavy atom. The molecule has 0 saturated carbocycles. The number of nitrogens with one attached hydrogen (secondary N) is 2. The van der Waals surface area contributed by atoms with Gasteiger partial charge in [0, 0.05) is 13.5 Å². The highest BCUT2D eigenvalue weighted by Crippen LogP contribution is 1.82. The molecule has 0 radical (unpaired) electrons. The van der Waals surface area contributed by atoms with Crippen LogP contribution in [0.15, 0.2) is 0 Å². The summed E-state index contributed by atoms with van der Waals surface area (Å²) in [5.74, 6) is -0.699. The summed E-state index contributed by atoms with van der Waals surface area (Å²) in [5.41, 5.74) is 0. The second kappa shape index (κ2) is 5.54. The first kappa shape index (κ1) is 10.9. The number of hydrogen-bond acceptors (Lipinski definition) is 3. The second-order valence-electron chi connectivity index (χ2n) is 2.33. The summed E-state index contributed by atoms with van der Waals surface area (Å²) in [5, 5.41) is 13.5. The van der Waals surface area contributed by atoms with E-state index >= 15 is 0 Å². The van der Waals surface area contributed by atoms with Crippen LogP contribution in [0.2, 0.25) is 0 Å². The molecule has 0 aliphatic carbocycles. The molecular formula is C7H14N2O3. The van der Waals surface area contributed by atoms with Crippen molar-refractivity contribution in [3.8, 4) is 0 Å². The van der Waals surface area contributed by atoms with Gasteiger partial charge in [-0.15, -0.1) is 0 Å². The number of aliphatic hydroxyl groups is 1. The van der Waals surface area contributed by atoms with Crippen LogP contribution in [0, 0.1) is 0 Å². The van der Waals surface area contributed by atoms with E-state index in [1.807, 2.05) is 0 Å². The smallest absolute Gasteiger partial charge is 0.244 e. The molecule has 0 aromatic heterocycles. The minimum Gasteiger partial charge on any atom is -0.394 e. The third-order valence-corrected chi connectivity index (χ3v) is 1.23. The van der Waals surface area contributed by atoms with E-state index in [2.05, 4.69) is 10.6 Å². The van der Waals surface area contributed by atoms with Crippen molar-refractivity contribution in [2.24, 2.45) is 0 Å². The molecule has 0 bridgehead atoms. The lowest BCUT2D eigenvalue weighted by Gasteiger charge is -2.13. The van der Waals surface area contributed by atoms with Crippen molar-refractivity contribution in [3.05, 3.63) is 0 Å². The van der Waals surface area contributed by atoms with Gasteiger partial charge in [0.05, 0.1) is 6.61 Å². The third-order valence-electron chi connectivity index (χ3n) is 1.23. The molecule has 5 heteroatoms. The van der Waals surface area contributed by atoms with Crippen molar-refractivity contribution in [1.29, 1.82) is 0 Å². The Kier molecular flexibility index (Phi) is 5.03. The van der Waals surface area contributed by atoms with E-state index in [9.17, 15) is 9.59 Å². The van der Waals surface area contributed by atoms with Gasteiger partial charge in [-0.25, -0.2) is 0 Å². The van der Waals surface area contributed by atoms with Gasteiger partial charge >= 0.3 is 0 Å². The van der Waals surface area contributed by atoms with E-state index < -0.39 is 6.04 Å². The van der Waals surface area contributed by atoms with Crippen LogP contribution in [0.1, 0.15) is 13.8 Å². The van der Waals surface area contributed by atoms with Gasteiger partial charge in [-0.05, 0) is 6.92 Å². The lowest BCUT2D eigenvalue weighted by Crippen LogP contribution is -2.48. The largest absolute Gasteiger partial charge is 0.394 e. The Morgan fingerprint density at radius 1 is 1.50 bits per heavy atom. The maximum Gasteiger partial charge on any atom is 0.244 e. The number of amides is 2. The summed E-state index contributed by atoms with van der Waals surface area (Å²) in [6, 6.07) is -0.831. The van der Waals surface area contributed by atoms with Crippen molar-refractivity contribution in [2.75, 3.05) is 13.2 Å². The predicted octanol–water partition coefficient (Wildman–Crippen LogP) is -1.38. The quantitative estimate of drug-likeness (QED) is 0.491. The number of likely N-dealkylation sites (N-methyl/N-ethyl adjacent to an activating group) is 1. The normalized spacial score (nSPS) is 11.9. The van der Waals surface area contributed by atoms with E-state index in [4.69, 9.17) is 5.11 Å². The Balaban J connectivity index is 3.96. The molecule has 1 atom stereocenters. The summed E-state index contributed by atoms with van der Waals surface area (Å²) < 4.78 is 0. The molecule has 0 saturated heterocycles. The molecule has 0 fully saturated rings. The molecule has 0 spiro atoms. The van der Waals surface area contributed by atoms with Crippen LogP contribution in [-0.2, 0) is 9.59 Å². The molecule has 0 rings (SSSR count). The standard InChI is InChI=1S/C7H14N2O3/c1-3-8-7(12)6(4-10)9-5(2)11/h6,10H,3-4H2,1-2H3,(H,8,12)(H,9,11)/t6-/m1/s1. The average molecular weight is 174 g/mol. The fraction of sp³-hybridized carbons (Fsp3) is 0.714. The number of hydrogen-bond donors (Lipinski definition) is 3. The molecule has 2 amide bonds. The first-order valence-electron chi connectivity index (χ1n) is 3.77. The van der Waals surface area contributed by atoms with Gasteiger partial charge in [-0.3, -0.25) is 9.59 Å². The van der Waals surface area contributed by atoms with Crippen LogP contribution < -0.4 is 10.6 Å². The molecule has 3 N–H and O–H groups in total. The Hall–Kier alpha value is -1.10. The van der Waals surface area contributed by atoms with Crippen LogP contribution in [-0.4, -0.2) is 36.1 Å². The van der Waals surface area contributed by atoms with E-state index in [0.29, 0.717) is 6.54 Å².